The average molecular weight is 484 g/mol. The summed E-state index contributed by atoms with van der Waals surface area (Å²) in [5, 5.41) is 10.5. The van der Waals surface area contributed by atoms with Crippen molar-refractivity contribution in [1.29, 1.82) is 0 Å². The van der Waals surface area contributed by atoms with Gasteiger partial charge in [0.2, 0.25) is 5.52 Å². The van der Waals surface area contributed by atoms with Crippen LogP contribution in [0.2, 0.25) is 0 Å². The summed E-state index contributed by atoms with van der Waals surface area (Å²) >= 11 is 0. The molecule has 0 amide bonds. The van der Waals surface area contributed by atoms with E-state index in [1.165, 1.54) is 22.2 Å². The fourth-order valence-electron chi connectivity index (χ4n) is 4.64. The second kappa shape index (κ2) is 11.1. The fourth-order valence-corrected chi connectivity index (χ4v) is 4.64. The molecule has 1 aliphatic heterocycles. The summed E-state index contributed by atoms with van der Waals surface area (Å²) in [6.45, 7) is 13.9. The number of aliphatic hydroxyl groups is 1. The number of para-hydroxylation sites is 1. The second-order valence-corrected chi connectivity index (χ2v) is 10.3. The van der Waals surface area contributed by atoms with Gasteiger partial charge in [-0.3, -0.25) is 0 Å². The normalized spacial score (nSPS) is 14.7. The number of nitrogens with zero attached hydrogens (tertiary/aromatic N) is 2. The molecule has 0 bridgehead atoms. The van der Waals surface area contributed by atoms with Gasteiger partial charge in [-0.1, -0.05) is 51.1 Å². The molecule has 1 aliphatic rings. The van der Waals surface area contributed by atoms with Crippen LogP contribution in [0.25, 0.3) is 22.6 Å². The Kier molecular flexibility index (Phi) is 7.95. The van der Waals surface area contributed by atoms with Crippen molar-refractivity contribution in [3.8, 4) is 5.75 Å². The van der Waals surface area contributed by atoms with Crippen LogP contribution in [0.4, 0.5) is 5.69 Å². The zero-order valence-electron chi connectivity index (χ0n) is 22.3. The minimum absolute atomic E-state index is 0.0937. The summed E-state index contributed by atoms with van der Waals surface area (Å²) in [6, 6.07) is 17.1. The summed E-state index contributed by atoms with van der Waals surface area (Å²) in [5.74, 6) is 1.89. The van der Waals surface area contributed by atoms with Gasteiger partial charge in [-0.05, 0) is 49.3 Å². The van der Waals surface area contributed by atoms with Crippen LogP contribution in [0.15, 0.2) is 78.7 Å². The van der Waals surface area contributed by atoms with Crippen LogP contribution in [-0.2, 0) is 6.54 Å². The Morgan fingerprint density at radius 3 is 2.53 bits per heavy atom. The van der Waals surface area contributed by atoms with Crippen molar-refractivity contribution in [3.63, 3.8) is 0 Å². The van der Waals surface area contributed by atoms with Crippen LogP contribution < -0.4 is 14.2 Å². The third-order valence-corrected chi connectivity index (χ3v) is 6.72. The van der Waals surface area contributed by atoms with Gasteiger partial charge in [-0.15, -0.1) is 0 Å². The lowest BCUT2D eigenvalue weighted by Gasteiger charge is -2.30. The van der Waals surface area contributed by atoms with Crippen LogP contribution in [-0.4, -0.2) is 24.8 Å². The smallest absolute Gasteiger partial charge is 0.213 e. The summed E-state index contributed by atoms with van der Waals surface area (Å²) in [5.41, 5.74) is 5.71. The van der Waals surface area contributed by atoms with Crippen LogP contribution in [0.3, 0.4) is 0 Å². The minimum atomic E-state index is -0.0937. The number of ether oxygens (including phenoxy) is 1. The van der Waals surface area contributed by atoms with E-state index >= 15 is 0 Å². The van der Waals surface area contributed by atoms with Gasteiger partial charge in [0.15, 0.2) is 12.7 Å². The summed E-state index contributed by atoms with van der Waals surface area (Å²) in [4.78, 5) is 2.34. The Hall–Kier alpha value is -3.37. The van der Waals surface area contributed by atoms with E-state index in [1.54, 1.807) is 0 Å². The molecule has 36 heavy (non-hydrogen) atoms. The molecule has 0 unspecified atom stereocenters. The van der Waals surface area contributed by atoms with Crippen molar-refractivity contribution in [3.05, 3.63) is 89.8 Å². The first-order valence-electron chi connectivity index (χ1n) is 13.1. The zero-order valence-corrected chi connectivity index (χ0v) is 22.3. The molecule has 4 nitrogen and oxygen atoms in total. The number of anilines is 1. The molecule has 1 aromatic heterocycles. The highest BCUT2D eigenvalue weighted by molar-refractivity contribution is 5.87. The number of hydrogen-bond donors (Lipinski definition) is 1. The van der Waals surface area contributed by atoms with E-state index in [2.05, 4.69) is 123 Å². The minimum Gasteiger partial charge on any atom is -0.460 e. The predicted molar refractivity (Wildman–Crippen MR) is 151 cm³/mol. The van der Waals surface area contributed by atoms with Gasteiger partial charge in [-0.25, -0.2) is 0 Å². The van der Waals surface area contributed by atoms with Gasteiger partial charge in [0.1, 0.15) is 11.5 Å². The molecule has 3 aromatic rings. The van der Waals surface area contributed by atoms with Crippen LogP contribution in [0.1, 0.15) is 52.2 Å². The molecule has 1 N–H and O–H groups in total. The molecule has 0 saturated heterocycles. The summed E-state index contributed by atoms with van der Waals surface area (Å²) < 4.78 is 8.63. The maximum atomic E-state index is 9.25. The van der Waals surface area contributed by atoms with E-state index in [-0.39, 0.29) is 12.0 Å². The molecule has 4 heteroatoms. The van der Waals surface area contributed by atoms with Gasteiger partial charge in [0.05, 0.1) is 5.39 Å². The number of pyridine rings is 1. The Bertz CT molecular complexity index is 1310. The van der Waals surface area contributed by atoms with Crippen molar-refractivity contribution >= 4 is 28.2 Å². The first-order chi connectivity index (χ1) is 17.4. The van der Waals surface area contributed by atoms with E-state index in [4.69, 9.17) is 4.74 Å². The molecular formula is C32H39N2O2+. The van der Waals surface area contributed by atoms with Gasteiger partial charge >= 0.3 is 0 Å². The Balaban J connectivity index is 1.72. The molecule has 0 radical (unpaired) electrons. The van der Waals surface area contributed by atoms with Gasteiger partial charge in [0.25, 0.3) is 0 Å². The lowest BCUT2D eigenvalue weighted by Crippen LogP contribution is -2.34. The molecule has 0 atom stereocenters. The van der Waals surface area contributed by atoms with E-state index in [1.807, 2.05) is 0 Å². The number of rotatable bonds is 8. The van der Waals surface area contributed by atoms with E-state index < -0.39 is 0 Å². The molecule has 2 heterocycles. The number of aliphatic hydroxyl groups excluding tert-OH is 1. The largest absolute Gasteiger partial charge is 0.460 e. The fraction of sp³-hybridized carbons (Fsp3) is 0.344. The van der Waals surface area contributed by atoms with Crippen molar-refractivity contribution in [1.82, 2.24) is 0 Å². The van der Waals surface area contributed by atoms with Crippen LogP contribution >= 0.6 is 0 Å². The first kappa shape index (κ1) is 25.7. The predicted octanol–water partition coefficient (Wildman–Crippen LogP) is 6.78. The molecular weight excluding hydrogens is 444 g/mol. The maximum absolute atomic E-state index is 9.25. The third-order valence-electron chi connectivity index (χ3n) is 6.72. The lowest BCUT2D eigenvalue weighted by atomic mass is 9.89. The van der Waals surface area contributed by atoms with Crippen molar-refractivity contribution < 1.29 is 14.4 Å². The second-order valence-electron chi connectivity index (χ2n) is 10.3. The molecule has 0 fully saturated rings. The van der Waals surface area contributed by atoms with Crippen LogP contribution in [0, 0.1) is 5.41 Å². The number of hydrogen-bond acceptors (Lipinski definition) is 3. The highest BCUT2D eigenvalue weighted by atomic mass is 16.5. The van der Waals surface area contributed by atoms with Gasteiger partial charge in [-0.2, -0.15) is 4.57 Å². The number of aryl methyl sites for hydroxylation is 1. The molecule has 188 valence electrons. The molecule has 0 spiro atoms. The number of fused-ring (bicyclic) bond motifs is 2. The topological polar surface area (TPSA) is 36.6 Å². The monoisotopic (exact) mass is 483 g/mol. The third kappa shape index (κ3) is 5.55. The van der Waals surface area contributed by atoms with Gasteiger partial charge in [0, 0.05) is 61.0 Å². The highest BCUT2D eigenvalue weighted by Gasteiger charge is 2.26. The van der Waals surface area contributed by atoms with Gasteiger partial charge < -0.3 is 14.7 Å². The first-order valence-corrected chi connectivity index (χ1v) is 13.1. The SMILES string of the molecule is CCN(CC)c1ccc2c(c1)OC(C(C)(C)C)=CC2=CC=Cc1cc[n+](CCCO)c2ccccc12. The zero-order chi connectivity index (χ0) is 25.7. The molecule has 2 aromatic carbocycles. The molecule has 0 aliphatic carbocycles. The number of allylic oxidation sites excluding steroid dienone is 5. The Morgan fingerprint density at radius 1 is 1.03 bits per heavy atom. The molecule has 0 saturated carbocycles. The number of aromatic nitrogens is 1. The Labute approximate surface area is 215 Å². The van der Waals surface area contributed by atoms with Crippen molar-refractivity contribution in [2.45, 2.75) is 47.6 Å². The van der Waals surface area contributed by atoms with Crippen molar-refractivity contribution in [2.75, 3.05) is 24.6 Å². The molecule has 4 rings (SSSR count). The average Bonchev–Trinajstić information content (AvgIpc) is 2.88. The van der Waals surface area contributed by atoms with E-state index in [0.717, 1.165) is 48.7 Å². The van der Waals surface area contributed by atoms with E-state index in [0.29, 0.717) is 0 Å². The number of benzene rings is 2. The van der Waals surface area contributed by atoms with Crippen LogP contribution in [0.5, 0.6) is 5.75 Å². The standard InChI is InChI=1S/C32H39N2O2/c1-6-33(7-2)26-16-17-28-25(22-31(32(3,4)5)36-30(28)23-26)13-10-12-24-18-20-34(19-11-21-35)29-15-9-8-14-27(24)29/h8-10,12-18,20,22-23,35H,6-7,11,19,21H2,1-5H3/q+1. The maximum Gasteiger partial charge on any atom is 0.213 e. The highest BCUT2D eigenvalue weighted by Crippen LogP contribution is 2.41. The summed E-state index contributed by atoms with van der Waals surface area (Å²) in [7, 11) is 0. The summed E-state index contributed by atoms with van der Waals surface area (Å²) in [6.07, 6.45) is 11.5. The Morgan fingerprint density at radius 2 is 1.81 bits per heavy atom. The van der Waals surface area contributed by atoms with E-state index in [9.17, 15) is 5.11 Å². The lowest BCUT2D eigenvalue weighted by molar-refractivity contribution is -0.672. The van der Waals surface area contributed by atoms with Crippen molar-refractivity contribution in [2.24, 2.45) is 5.41 Å². The quantitative estimate of drug-likeness (QED) is 0.359.